The van der Waals surface area contributed by atoms with Gasteiger partial charge in [0.25, 0.3) is 0 Å². The van der Waals surface area contributed by atoms with Crippen LogP contribution in [0.15, 0.2) is 30.5 Å². The molecule has 1 heterocycles. The molecule has 0 saturated heterocycles. The van der Waals surface area contributed by atoms with E-state index in [9.17, 15) is 0 Å². The molecule has 0 saturated carbocycles. The largest absolute Gasteiger partial charge is 0.497 e. The standard InChI is InChI=1S/C15H19N3O2/c1-10-17-8-7-13(18-10)15(16-2)12-6-5-11(19-3)9-14(12)20-4/h5-9,15-16H,1-4H3. The lowest BCUT2D eigenvalue weighted by Gasteiger charge is -2.19. The summed E-state index contributed by atoms with van der Waals surface area (Å²) in [5.41, 5.74) is 1.91. The number of nitrogens with zero attached hydrogens (tertiary/aromatic N) is 2. The molecule has 0 bridgehead atoms. The third-order valence-electron chi connectivity index (χ3n) is 3.13. The second-order valence-electron chi connectivity index (χ2n) is 4.36. The second-order valence-corrected chi connectivity index (χ2v) is 4.36. The first-order valence-corrected chi connectivity index (χ1v) is 6.38. The Balaban J connectivity index is 2.46. The summed E-state index contributed by atoms with van der Waals surface area (Å²) in [4.78, 5) is 8.61. The Hall–Kier alpha value is -2.14. The number of rotatable bonds is 5. The topological polar surface area (TPSA) is 56.3 Å². The summed E-state index contributed by atoms with van der Waals surface area (Å²) in [6.45, 7) is 1.88. The maximum absolute atomic E-state index is 5.46. The van der Waals surface area contributed by atoms with Crippen molar-refractivity contribution in [1.82, 2.24) is 15.3 Å². The van der Waals surface area contributed by atoms with E-state index in [0.717, 1.165) is 28.6 Å². The maximum Gasteiger partial charge on any atom is 0.127 e. The van der Waals surface area contributed by atoms with Crippen LogP contribution in [0.4, 0.5) is 0 Å². The van der Waals surface area contributed by atoms with Gasteiger partial charge in [-0.2, -0.15) is 0 Å². The Bertz CT molecular complexity index is 587. The van der Waals surface area contributed by atoms with Gasteiger partial charge in [0.15, 0.2) is 0 Å². The van der Waals surface area contributed by atoms with E-state index in [1.165, 1.54) is 0 Å². The molecule has 1 unspecified atom stereocenters. The normalized spacial score (nSPS) is 12.0. The van der Waals surface area contributed by atoms with Crippen molar-refractivity contribution in [3.63, 3.8) is 0 Å². The highest BCUT2D eigenvalue weighted by Gasteiger charge is 2.18. The molecule has 5 nitrogen and oxygen atoms in total. The molecular weight excluding hydrogens is 254 g/mol. The molecule has 2 aromatic rings. The lowest BCUT2D eigenvalue weighted by Crippen LogP contribution is -2.20. The first kappa shape index (κ1) is 14.3. The van der Waals surface area contributed by atoms with Crippen molar-refractivity contribution >= 4 is 0 Å². The van der Waals surface area contributed by atoms with E-state index in [1.807, 2.05) is 38.2 Å². The number of ether oxygens (including phenoxy) is 2. The number of aromatic nitrogens is 2. The Morgan fingerprint density at radius 1 is 1.15 bits per heavy atom. The van der Waals surface area contributed by atoms with Crippen LogP contribution >= 0.6 is 0 Å². The number of benzene rings is 1. The van der Waals surface area contributed by atoms with Crippen LogP contribution in [0.1, 0.15) is 23.1 Å². The van der Waals surface area contributed by atoms with Crippen molar-refractivity contribution < 1.29 is 9.47 Å². The zero-order valence-corrected chi connectivity index (χ0v) is 12.2. The van der Waals surface area contributed by atoms with Gasteiger partial charge in [0, 0.05) is 17.8 Å². The molecule has 0 aliphatic rings. The van der Waals surface area contributed by atoms with Crippen LogP contribution in [0.5, 0.6) is 11.5 Å². The lowest BCUT2D eigenvalue weighted by molar-refractivity contribution is 0.388. The minimum absolute atomic E-state index is 0.0578. The fourth-order valence-corrected chi connectivity index (χ4v) is 2.15. The summed E-state index contributed by atoms with van der Waals surface area (Å²) in [6.07, 6.45) is 1.76. The van der Waals surface area contributed by atoms with E-state index >= 15 is 0 Å². The number of nitrogens with one attached hydrogen (secondary N) is 1. The van der Waals surface area contributed by atoms with Gasteiger partial charge in [-0.3, -0.25) is 0 Å². The quantitative estimate of drug-likeness (QED) is 0.904. The van der Waals surface area contributed by atoms with Crippen molar-refractivity contribution in [3.8, 4) is 11.5 Å². The smallest absolute Gasteiger partial charge is 0.127 e. The molecule has 1 aromatic heterocycles. The van der Waals surface area contributed by atoms with E-state index in [1.54, 1.807) is 20.4 Å². The highest BCUT2D eigenvalue weighted by atomic mass is 16.5. The van der Waals surface area contributed by atoms with Gasteiger partial charge in [0.1, 0.15) is 17.3 Å². The van der Waals surface area contributed by atoms with Gasteiger partial charge in [-0.25, -0.2) is 9.97 Å². The zero-order chi connectivity index (χ0) is 14.5. The number of hydrogen-bond donors (Lipinski definition) is 1. The molecule has 0 aliphatic carbocycles. The molecule has 1 aromatic carbocycles. The number of hydrogen-bond acceptors (Lipinski definition) is 5. The van der Waals surface area contributed by atoms with Crippen LogP contribution < -0.4 is 14.8 Å². The number of aryl methyl sites for hydroxylation is 1. The zero-order valence-electron chi connectivity index (χ0n) is 12.2. The molecule has 0 spiro atoms. The summed E-state index contributed by atoms with van der Waals surface area (Å²) in [6, 6.07) is 7.61. The summed E-state index contributed by atoms with van der Waals surface area (Å²) in [5, 5.41) is 3.26. The van der Waals surface area contributed by atoms with Gasteiger partial charge < -0.3 is 14.8 Å². The maximum atomic E-state index is 5.46. The molecule has 1 N–H and O–H groups in total. The van der Waals surface area contributed by atoms with Crippen LogP contribution in [-0.4, -0.2) is 31.2 Å². The van der Waals surface area contributed by atoms with Crippen LogP contribution in [0.3, 0.4) is 0 Å². The fourth-order valence-electron chi connectivity index (χ4n) is 2.15. The minimum Gasteiger partial charge on any atom is -0.497 e. The highest BCUT2D eigenvalue weighted by Crippen LogP contribution is 2.32. The third kappa shape index (κ3) is 2.88. The average molecular weight is 273 g/mol. The monoisotopic (exact) mass is 273 g/mol. The lowest BCUT2D eigenvalue weighted by atomic mass is 10.0. The van der Waals surface area contributed by atoms with Gasteiger partial charge >= 0.3 is 0 Å². The molecular formula is C15H19N3O2. The van der Waals surface area contributed by atoms with E-state index in [4.69, 9.17) is 9.47 Å². The predicted molar refractivity (Wildman–Crippen MR) is 77.2 cm³/mol. The van der Waals surface area contributed by atoms with Gasteiger partial charge in [0.2, 0.25) is 0 Å². The van der Waals surface area contributed by atoms with Crippen LogP contribution in [-0.2, 0) is 0 Å². The van der Waals surface area contributed by atoms with Crippen molar-refractivity contribution in [1.29, 1.82) is 0 Å². The molecule has 0 fully saturated rings. The Labute approximate surface area is 119 Å². The van der Waals surface area contributed by atoms with Crippen LogP contribution in [0, 0.1) is 6.92 Å². The molecule has 20 heavy (non-hydrogen) atoms. The summed E-state index contributed by atoms with van der Waals surface area (Å²) >= 11 is 0. The number of methoxy groups -OCH3 is 2. The molecule has 0 aliphatic heterocycles. The van der Waals surface area contributed by atoms with Gasteiger partial charge in [-0.05, 0) is 32.2 Å². The van der Waals surface area contributed by atoms with Crippen molar-refractivity contribution in [2.24, 2.45) is 0 Å². The third-order valence-corrected chi connectivity index (χ3v) is 3.13. The molecule has 106 valence electrons. The highest BCUT2D eigenvalue weighted by molar-refractivity contribution is 5.45. The second kappa shape index (κ2) is 6.34. The summed E-state index contributed by atoms with van der Waals surface area (Å²) < 4.78 is 10.7. The van der Waals surface area contributed by atoms with Crippen LogP contribution in [0.25, 0.3) is 0 Å². The first-order valence-electron chi connectivity index (χ1n) is 6.38. The Morgan fingerprint density at radius 3 is 2.55 bits per heavy atom. The summed E-state index contributed by atoms with van der Waals surface area (Å²) in [5.74, 6) is 2.27. The summed E-state index contributed by atoms with van der Waals surface area (Å²) in [7, 11) is 5.18. The first-order chi connectivity index (χ1) is 9.69. The predicted octanol–water partition coefficient (Wildman–Crippen LogP) is 2.11. The van der Waals surface area contributed by atoms with E-state index in [0.29, 0.717) is 0 Å². The van der Waals surface area contributed by atoms with Gasteiger partial charge in [-0.15, -0.1) is 0 Å². The van der Waals surface area contributed by atoms with E-state index < -0.39 is 0 Å². The average Bonchev–Trinajstić information content (AvgIpc) is 2.48. The molecule has 2 rings (SSSR count). The van der Waals surface area contributed by atoms with Crippen molar-refractivity contribution in [3.05, 3.63) is 47.5 Å². The van der Waals surface area contributed by atoms with Gasteiger partial charge in [-0.1, -0.05) is 0 Å². The SMILES string of the molecule is CNC(c1ccnc(C)n1)c1ccc(OC)cc1OC. The van der Waals surface area contributed by atoms with Crippen molar-refractivity contribution in [2.75, 3.05) is 21.3 Å². The molecule has 1 atom stereocenters. The molecule has 5 heteroatoms. The minimum atomic E-state index is -0.0578. The Kier molecular flexibility index (Phi) is 4.53. The van der Waals surface area contributed by atoms with E-state index in [-0.39, 0.29) is 6.04 Å². The van der Waals surface area contributed by atoms with Gasteiger partial charge in [0.05, 0.1) is 26.0 Å². The molecule has 0 amide bonds. The Morgan fingerprint density at radius 2 is 1.95 bits per heavy atom. The molecule has 0 radical (unpaired) electrons. The van der Waals surface area contributed by atoms with Crippen LogP contribution in [0.2, 0.25) is 0 Å². The fraction of sp³-hybridized carbons (Fsp3) is 0.333. The van der Waals surface area contributed by atoms with E-state index in [2.05, 4.69) is 15.3 Å². The van der Waals surface area contributed by atoms with Crippen molar-refractivity contribution in [2.45, 2.75) is 13.0 Å².